The first-order valence-electron chi connectivity index (χ1n) is 2.39. The predicted octanol–water partition coefficient (Wildman–Crippen LogP) is 0.119. The van der Waals surface area contributed by atoms with Gasteiger partial charge in [-0.25, -0.2) is 0 Å². The van der Waals surface area contributed by atoms with Gasteiger partial charge in [-0.1, -0.05) is 0 Å². The monoisotopic (exact) mass is 149 g/mol. The largest absolute Gasteiger partial charge is 0.393 e. The van der Waals surface area contributed by atoms with Gasteiger partial charge in [0.15, 0.2) is 5.81 Å². The van der Waals surface area contributed by atoms with Crippen LogP contribution in [0, 0.1) is 11.1 Å². The zero-order chi connectivity index (χ0) is 7.49. The molecule has 0 aromatic rings. The van der Waals surface area contributed by atoms with Crippen molar-refractivity contribution in [1.29, 1.82) is 5.26 Å². The first-order valence-corrected chi connectivity index (χ1v) is 4.23. The zero-order valence-electron chi connectivity index (χ0n) is 4.98. The summed E-state index contributed by atoms with van der Waals surface area (Å²) < 4.78 is 10.4. The lowest BCUT2D eigenvalue weighted by Crippen LogP contribution is -2.05. The lowest BCUT2D eigenvalue weighted by atomic mass is 10.5. The summed E-state index contributed by atoms with van der Waals surface area (Å²) in [6, 6.07) is 0. The Kier molecular flexibility index (Phi) is 2.86. The van der Waals surface area contributed by atoms with Gasteiger partial charge in [-0.2, -0.15) is 5.26 Å². The van der Waals surface area contributed by atoms with E-state index >= 15 is 0 Å². The van der Waals surface area contributed by atoms with E-state index in [1.165, 1.54) is 12.7 Å². The van der Waals surface area contributed by atoms with Crippen molar-refractivity contribution in [2.75, 3.05) is 6.16 Å². The minimum absolute atomic E-state index is 0.344. The fraction of sp³-hybridized carbons (Fsp3) is 0.750. The van der Waals surface area contributed by atoms with Crippen molar-refractivity contribution in [3.05, 3.63) is 0 Å². The van der Waals surface area contributed by atoms with Crippen LogP contribution in [0.4, 0.5) is 0 Å². The molecule has 0 saturated heterocycles. The molecule has 5 heteroatoms. The molecule has 0 fully saturated rings. The molecule has 0 aromatic carbocycles. The molecule has 2 unspecified atom stereocenters. The molecule has 0 saturated carbocycles. The number of nitriles is 1. The Morgan fingerprint density at radius 2 is 2.33 bits per heavy atom. The van der Waals surface area contributed by atoms with E-state index in [0.29, 0.717) is 0 Å². The number of nitrogens with zero attached hydrogens (tertiary/aromatic N) is 1. The van der Waals surface area contributed by atoms with Crippen LogP contribution in [-0.2, 0) is 4.57 Å². The Morgan fingerprint density at radius 3 is 2.44 bits per heavy atom. The summed E-state index contributed by atoms with van der Waals surface area (Å²) in [4.78, 5) is 8.53. The quantitative estimate of drug-likeness (QED) is 0.546. The second-order valence-corrected chi connectivity index (χ2v) is 3.80. The van der Waals surface area contributed by atoms with Crippen LogP contribution in [0.15, 0.2) is 0 Å². The van der Waals surface area contributed by atoms with Crippen molar-refractivity contribution in [1.82, 2.24) is 0 Å². The maximum absolute atomic E-state index is 10.4. The summed E-state index contributed by atoms with van der Waals surface area (Å²) >= 11 is 0. The van der Waals surface area contributed by atoms with E-state index in [-0.39, 0.29) is 6.16 Å². The van der Waals surface area contributed by atoms with Crippen LogP contribution in [0.25, 0.3) is 0 Å². The van der Waals surface area contributed by atoms with Crippen molar-refractivity contribution in [3.63, 3.8) is 0 Å². The molecule has 4 nitrogen and oxygen atoms in total. The minimum Gasteiger partial charge on any atom is -0.393 e. The highest BCUT2D eigenvalue weighted by Gasteiger charge is 2.18. The Bertz CT molecular complexity index is 171. The molecule has 0 bridgehead atoms. The number of aliphatic hydroxyl groups excluding tert-OH is 1. The van der Waals surface area contributed by atoms with Gasteiger partial charge in [0, 0.05) is 0 Å². The van der Waals surface area contributed by atoms with Crippen LogP contribution >= 0.6 is 7.37 Å². The molecule has 0 aliphatic rings. The standard InChI is InChI=1S/C4H8NO3P/c1-4(6)2-9(7,8)3-5/h4,6H,2H2,1H3,(H,7,8). The summed E-state index contributed by atoms with van der Waals surface area (Å²) in [5, 5.41) is 16.5. The molecule has 0 heterocycles. The predicted molar refractivity (Wildman–Crippen MR) is 32.0 cm³/mol. The van der Waals surface area contributed by atoms with Gasteiger partial charge in [0.25, 0.3) is 7.37 Å². The van der Waals surface area contributed by atoms with Gasteiger partial charge >= 0.3 is 0 Å². The molecule has 2 N–H and O–H groups in total. The SMILES string of the molecule is CC(O)CP(=O)(O)C#N. The second kappa shape index (κ2) is 2.98. The van der Waals surface area contributed by atoms with Crippen molar-refractivity contribution in [3.8, 4) is 5.81 Å². The molecular weight excluding hydrogens is 141 g/mol. The van der Waals surface area contributed by atoms with Crippen molar-refractivity contribution in [2.45, 2.75) is 13.0 Å². The van der Waals surface area contributed by atoms with Crippen LogP contribution < -0.4 is 0 Å². The van der Waals surface area contributed by atoms with E-state index in [4.69, 9.17) is 15.3 Å². The van der Waals surface area contributed by atoms with E-state index in [9.17, 15) is 4.57 Å². The van der Waals surface area contributed by atoms with Gasteiger partial charge in [0.2, 0.25) is 0 Å². The molecule has 0 amide bonds. The Balaban J connectivity index is 3.93. The molecule has 0 aliphatic heterocycles. The van der Waals surface area contributed by atoms with Crippen LogP contribution in [0.2, 0.25) is 0 Å². The highest BCUT2D eigenvalue weighted by Crippen LogP contribution is 2.38. The van der Waals surface area contributed by atoms with E-state index in [1.807, 2.05) is 0 Å². The third-order valence-electron chi connectivity index (χ3n) is 0.668. The first-order chi connectivity index (χ1) is 3.98. The molecule has 0 aliphatic carbocycles. The van der Waals surface area contributed by atoms with Crippen LogP contribution in [0.5, 0.6) is 0 Å². The Hall–Kier alpha value is -0.360. The summed E-state index contributed by atoms with van der Waals surface area (Å²) in [6.45, 7) is 1.36. The van der Waals surface area contributed by atoms with Crippen molar-refractivity contribution < 1.29 is 14.6 Å². The van der Waals surface area contributed by atoms with Gasteiger partial charge in [0.05, 0.1) is 12.3 Å². The summed E-state index contributed by atoms with van der Waals surface area (Å²) in [6.07, 6.45) is -1.23. The summed E-state index contributed by atoms with van der Waals surface area (Å²) in [7, 11) is -3.67. The van der Waals surface area contributed by atoms with Gasteiger partial charge in [-0.3, -0.25) is 4.57 Å². The number of hydrogen-bond acceptors (Lipinski definition) is 3. The van der Waals surface area contributed by atoms with Crippen LogP contribution in [0.1, 0.15) is 6.92 Å². The lowest BCUT2D eigenvalue weighted by Gasteiger charge is -2.02. The normalized spacial score (nSPS) is 19.8. The van der Waals surface area contributed by atoms with E-state index < -0.39 is 13.5 Å². The van der Waals surface area contributed by atoms with Gasteiger partial charge in [-0.05, 0) is 6.92 Å². The number of aliphatic hydroxyl groups is 1. The average molecular weight is 149 g/mol. The molecule has 52 valence electrons. The second-order valence-electron chi connectivity index (χ2n) is 1.83. The summed E-state index contributed by atoms with van der Waals surface area (Å²) in [5.41, 5.74) is 0. The lowest BCUT2D eigenvalue weighted by molar-refractivity contribution is 0.215. The molecule has 0 radical (unpaired) electrons. The van der Waals surface area contributed by atoms with Crippen molar-refractivity contribution in [2.24, 2.45) is 0 Å². The van der Waals surface area contributed by atoms with Crippen LogP contribution in [-0.4, -0.2) is 22.3 Å². The van der Waals surface area contributed by atoms with Crippen LogP contribution in [0.3, 0.4) is 0 Å². The van der Waals surface area contributed by atoms with Crippen molar-refractivity contribution >= 4 is 7.37 Å². The fourth-order valence-corrected chi connectivity index (χ4v) is 1.20. The number of rotatable bonds is 2. The number of hydrogen-bond donors (Lipinski definition) is 2. The molecule has 2 atom stereocenters. The third kappa shape index (κ3) is 4.16. The Labute approximate surface area is 53.2 Å². The average Bonchev–Trinajstić information content (AvgIpc) is 1.63. The molecule has 0 rings (SSSR count). The smallest absolute Gasteiger partial charge is 0.299 e. The van der Waals surface area contributed by atoms with Gasteiger partial charge < -0.3 is 10.00 Å². The summed E-state index contributed by atoms with van der Waals surface area (Å²) in [5.74, 6) is 1.22. The molecule has 0 spiro atoms. The van der Waals surface area contributed by atoms with Gasteiger partial charge in [0.1, 0.15) is 0 Å². The maximum Gasteiger partial charge on any atom is 0.299 e. The molecular formula is C4H8NO3P. The van der Waals surface area contributed by atoms with Gasteiger partial charge in [-0.15, -0.1) is 0 Å². The molecule has 0 aromatic heterocycles. The Morgan fingerprint density at radius 1 is 1.89 bits per heavy atom. The third-order valence-corrected chi connectivity index (χ3v) is 2.00. The van der Waals surface area contributed by atoms with E-state index in [2.05, 4.69) is 0 Å². The highest BCUT2D eigenvalue weighted by atomic mass is 31.2. The fourth-order valence-electron chi connectivity index (χ4n) is 0.399. The molecule has 9 heavy (non-hydrogen) atoms. The zero-order valence-corrected chi connectivity index (χ0v) is 5.88. The topological polar surface area (TPSA) is 81.3 Å². The maximum atomic E-state index is 10.4. The van der Waals surface area contributed by atoms with E-state index in [1.54, 1.807) is 0 Å². The minimum atomic E-state index is -3.67. The van der Waals surface area contributed by atoms with E-state index in [0.717, 1.165) is 0 Å². The first kappa shape index (κ1) is 8.64. The highest BCUT2D eigenvalue weighted by molar-refractivity contribution is 7.63.